The molecule has 1 heterocycles. The molecule has 34 nitrogen and oxygen atoms in total. The third-order valence-electron chi connectivity index (χ3n) is 15.5. The van der Waals surface area contributed by atoms with Crippen molar-refractivity contribution < 1.29 is 108 Å². The van der Waals surface area contributed by atoms with Gasteiger partial charge in [-0.15, -0.1) is 0 Å². The van der Waals surface area contributed by atoms with Crippen molar-refractivity contribution in [3.05, 3.63) is 65.7 Å². The van der Waals surface area contributed by atoms with E-state index in [9.17, 15) is 98.1 Å². The average molecular weight is 1400 g/mol. The number of carbonyl (C=O) groups excluding carboxylic acids is 5. The minimum Gasteiger partial charge on any atom is -0.481 e. The number of rotatable bonds is 45. The van der Waals surface area contributed by atoms with Crippen LogP contribution in [0.25, 0.3) is 0 Å². The zero-order valence-corrected chi connectivity index (χ0v) is 55.5. The summed E-state index contributed by atoms with van der Waals surface area (Å²) in [5.41, 5.74) is 2.12. The maximum absolute atomic E-state index is 13.8. The molecule has 98 heavy (non-hydrogen) atoms. The lowest BCUT2D eigenvalue weighted by atomic mass is 10.0. The van der Waals surface area contributed by atoms with Crippen LogP contribution in [0.3, 0.4) is 0 Å². The Bertz CT molecular complexity index is 2930. The molecule has 2 aromatic carbocycles. The van der Waals surface area contributed by atoms with E-state index in [1.54, 1.807) is 56.0 Å². The largest absolute Gasteiger partial charge is 0.481 e. The number of anilines is 1. The number of carbonyl (C=O) groups is 13. The molecule has 1 aliphatic rings. The van der Waals surface area contributed by atoms with Gasteiger partial charge < -0.3 is 88.1 Å². The summed E-state index contributed by atoms with van der Waals surface area (Å²) in [6.45, 7) is 0.189. The Balaban J connectivity index is 1.58. The van der Waals surface area contributed by atoms with E-state index >= 15 is 0 Å². The highest BCUT2D eigenvalue weighted by Gasteiger charge is 2.30. The first kappa shape index (κ1) is 82.9. The summed E-state index contributed by atoms with van der Waals surface area (Å²) >= 11 is 5.57. The molecule has 16 N–H and O–H groups in total. The van der Waals surface area contributed by atoms with Crippen molar-refractivity contribution in [2.24, 2.45) is 0 Å². The minimum atomic E-state index is -1.59. The number of amides is 6. The van der Waals surface area contributed by atoms with Crippen LogP contribution in [0.1, 0.15) is 114 Å². The maximum Gasteiger partial charge on any atom is 0.407 e. The number of unbranched alkanes of at least 4 members (excludes halogenated alkanes) is 6. The van der Waals surface area contributed by atoms with Gasteiger partial charge in [0.05, 0.1) is 26.2 Å². The number of thiocarbonyl (C=S) groups is 1. The lowest BCUT2D eigenvalue weighted by molar-refractivity contribution is -0.142. The highest BCUT2D eigenvalue weighted by molar-refractivity contribution is 7.80. The quantitative estimate of drug-likeness (QED) is 0.0326. The van der Waals surface area contributed by atoms with Gasteiger partial charge in [0.25, 0.3) is 0 Å². The molecule has 1 fully saturated rings. The van der Waals surface area contributed by atoms with Crippen LogP contribution < -0.4 is 42.5 Å². The molecule has 0 aliphatic carbocycles. The summed E-state index contributed by atoms with van der Waals surface area (Å²) in [6.07, 6.45) is 2.44. The van der Waals surface area contributed by atoms with Gasteiger partial charge in [0.15, 0.2) is 5.11 Å². The SMILES string of the molecule is O=C(O)CC[C@H](NC(=O)N[C@@H](CCC(=O)NCCCCCCCC(=O)N[C@@H](CCCCNC(=S)Nc1ccc(CC2CN(CC(=O)O)CCN(CC(=O)O)CCN(CC(=O)O)CCN2CC(=O)O)cc1)C(=O)N[C@@H](CCCCNC(=O)OCc1ccccc1)C(=O)O)C(=O)O)C(=O)O. The fourth-order valence-corrected chi connectivity index (χ4v) is 10.6. The Morgan fingerprint density at radius 3 is 1.51 bits per heavy atom. The first-order chi connectivity index (χ1) is 46.6. The zero-order chi connectivity index (χ0) is 72.4. The molecular weight excluding hydrogens is 1310 g/mol. The third kappa shape index (κ3) is 37.8. The van der Waals surface area contributed by atoms with E-state index in [0.29, 0.717) is 70.0 Å². The molecule has 0 bridgehead atoms. The Kier molecular flexibility index (Phi) is 39.6. The van der Waals surface area contributed by atoms with Crippen molar-refractivity contribution in [2.45, 2.75) is 146 Å². The summed E-state index contributed by atoms with van der Waals surface area (Å²) in [5.74, 6) is -11.8. The molecule has 35 heteroatoms. The highest BCUT2D eigenvalue weighted by Crippen LogP contribution is 2.17. The summed E-state index contributed by atoms with van der Waals surface area (Å²) in [4.78, 5) is 165. The number of alkyl carbamates (subject to hydrolysis) is 1. The minimum absolute atomic E-state index is 0.0114. The molecule has 0 radical (unpaired) electrons. The summed E-state index contributed by atoms with van der Waals surface area (Å²) < 4.78 is 5.21. The van der Waals surface area contributed by atoms with E-state index in [2.05, 4.69) is 37.2 Å². The molecule has 0 aromatic heterocycles. The Morgan fingerprint density at radius 2 is 0.939 bits per heavy atom. The van der Waals surface area contributed by atoms with Crippen molar-refractivity contribution >= 4 is 101 Å². The van der Waals surface area contributed by atoms with Gasteiger partial charge in [0, 0.05) is 96.4 Å². The molecule has 1 unspecified atom stereocenters. The lowest BCUT2D eigenvalue weighted by Gasteiger charge is -2.37. The number of nitrogens with one attached hydrogen (secondary N) is 8. The van der Waals surface area contributed by atoms with Crippen LogP contribution in [0.4, 0.5) is 15.3 Å². The number of hydrogen-bond donors (Lipinski definition) is 16. The Labute approximate surface area is 571 Å². The van der Waals surface area contributed by atoms with Crippen molar-refractivity contribution in [1.82, 2.24) is 56.8 Å². The van der Waals surface area contributed by atoms with E-state index in [4.69, 9.17) is 22.1 Å². The number of aliphatic carboxylic acids is 8. The van der Waals surface area contributed by atoms with E-state index in [0.717, 1.165) is 11.1 Å². The standard InChI is InChI=1S/C63H94N12O22S/c76-50(24-22-48(59(91)92)70-61(95)71-49(60(93)94)23-25-52(78)79)64-26-10-3-1-2-7-17-51(77)68-46(57(88)69-47(58(89)90)16-9-12-28-66-63(96)97-41-43-13-5-4-6-14-43)15-8-11-27-65-62(98)67-44-20-18-42(19-21-44)35-45-36-74(39-55(84)85)32-31-72(37-53(80)81)29-30-73(38-54(82)83)33-34-75(45)40-56(86)87/h4-6,13-14,18-21,45-49H,1-3,7-12,15-17,22-41H2,(H,64,76)(H,66,96)(H,68,77)(H,69,88)(H,78,79)(H,80,81)(H,82,83)(H,84,85)(H,86,87)(H,89,90)(H,91,92)(H,93,94)(H2,65,67,98)(H2,70,71,95)/t45?,46-,47-,48-,49-/m0/s1. The Hall–Kier alpha value is -9.32. The topological polar surface area (TPSA) is 502 Å². The van der Waals surface area contributed by atoms with Crippen molar-refractivity contribution in [3.63, 3.8) is 0 Å². The number of carboxylic acids is 8. The van der Waals surface area contributed by atoms with Gasteiger partial charge in [0.2, 0.25) is 17.7 Å². The van der Waals surface area contributed by atoms with Gasteiger partial charge >= 0.3 is 59.9 Å². The van der Waals surface area contributed by atoms with Crippen molar-refractivity contribution in [2.75, 3.05) is 96.9 Å². The smallest absolute Gasteiger partial charge is 0.407 e. The normalized spacial score (nSPS) is 15.3. The van der Waals surface area contributed by atoms with E-state index < -0.39 is 134 Å². The van der Waals surface area contributed by atoms with Gasteiger partial charge in [-0.2, -0.15) is 0 Å². The number of hydrogen-bond acceptors (Lipinski definition) is 19. The molecule has 5 atom stereocenters. The molecular formula is C63H94N12O22S. The first-order valence-corrected chi connectivity index (χ1v) is 32.8. The van der Waals surface area contributed by atoms with Gasteiger partial charge in [-0.3, -0.25) is 58.0 Å². The summed E-state index contributed by atoms with van der Waals surface area (Å²) in [6, 6.07) is 8.77. The van der Waals surface area contributed by atoms with Crippen LogP contribution in [0.15, 0.2) is 54.6 Å². The predicted octanol–water partition coefficient (Wildman–Crippen LogP) is 1.07. The molecule has 6 amide bonds. The second-order valence-corrected chi connectivity index (χ2v) is 23.9. The van der Waals surface area contributed by atoms with Gasteiger partial charge in [-0.25, -0.2) is 24.0 Å². The monoisotopic (exact) mass is 1400 g/mol. The third-order valence-corrected chi connectivity index (χ3v) is 15.8. The fourth-order valence-electron chi connectivity index (χ4n) is 10.4. The number of nitrogens with zero attached hydrogens (tertiary/aromatic N) is 4. The molecule has 0 spiro atoms. The number of urea groups is 1. The van der Waals surface area contributed by atoms with Crippen LogP contribution in [0.5, 0.6) is 0 Å². The summed E-state index contributed by atoms with van der Waals surface area (Å²) in [5, 5.41) is 97.9. The molecule has 1 aliphatic heterocycles. The van der Waals surface area contributed by atoms with Crippen molar-refractivity contribution in [1.29, 1.82) is 0 Å². The van der Waals surface area contributed by atoms with E-state index in [1.165, 1.54) is 0 Å². The highest BCUT2D eigenvalue weighted by atomic mass is 32.1. The van der Waals surface area contributed by atoms with E-state index in [1.807, 2.05) is 23.5 Å². The second kappa shape index (κ2) is 46.8. The van der Waals surface area contributed by atoms with Crippen LogP contribution in [0.2, 0.25) is 0 Å². The van der Waals surface area contributed by atoms with Crippen molar-refractivity contribution in [3.8, 4) is 0 Å². The second-order valence-electron chi connectivity index (χ2n) is 23.5. The Morgan fingerprint density at radius 1 is 0.449 bits per heavy atom. The predicted molar refractivity (Wildman–Crippen MR) is 355 cm³/mol. The van der Waals surface area contributed by atoms with Gasteiger partial charge in [0.1, 0.15) is 30.8 Å². The number of carboxylic acid groups (broad SMARTS) is 8. The molecule has 3 rings (SSSR count). The fraction of sp³-hybridized carbons (Fsp3) is 0.587. The van der Waals surface area contributed by atoms with Crippen LogP contribution in [-0.4, -0.2) is 265 Å². The van der Waals surface area contributed by atoms with Crippen LogP contribution >= 0.6 is 12.2 Å². The molecule has 544 valence electrons. The number of ether oxygens (including phenoxy) is 1. The zero-order valence-electron chi connectivity index (χ0n) is 54.7. The molecule has 2 aromatic rings. The molecule has 0 saturated carbocycles. The number of benzene rings is 2. The van der Waals surface area contributed by atoms with Crippen LogP contribution in [-0.2, 0) is 70.5 Å². The van der Waals surface area contributed by atoms with Crippen LogP contribution in [0, 0.1) is 0 Å². The average Bonchev–Trinajstić information content (AvgIpc) is 0.864. The maximum atomic E-state index is 13.8. The van der Waals surface area contributed by atoms with Gasteiger partial charge in [-0.05, 0) is 106 Å². The lowest BCUT2D eigenvalue weighted by Crippen LogP contribution is -2.53. The van der Waals surface area contributed by atoms with Gasteiger partial charge in [-0.1, -0.05) is 61.7 Å². The first-order valence-electron chi connectivity index (χ1n) is 32.4. The van der Waals surface area contributed by atoms with E-state index in [-0.39, 0.29) is 122 Å². The summed E-state index contributed by atoms with van der Waals surface area (Å²) in [7, 11) is 0. The molecule has 1 saturated heterocycles.